The van der Waals surface area contributed by atoms with Gasteiger partial charge in [-0.3, -0.25) is 37.3 Å². The molecule has 0 aliphatic heterocycles. The first-order chi connectivity index (χ1) is 45.8. The number of hydrogen-bond donors (Lipinski definition) is 3. The van der Waals surface area contributed by atoms with E-state index in [4.69, 9.17) is 37.0 Å². The van der Waals surface area contributed by atoms with Crippen molar-refractivity contribution in [2.45, 2.75) is 407 Å². The number of ether oxygens (including phenoxy) is 4. The number of esters is 4. The number of carbonyl (C=O) groups is 4. The summed E-state index contributed by atoms with van der Waals surface area (Å²) in [6.07, 6.45) is 53.0. The molecule has 0 aromatic carbocycles. The summed E-state index contributed by atoms with van der Waals surface area (Å²) in [5.41, 5.74) is 0. The van der Waals surface area contributed by atoms with Crippen molar-refractivity contribution >= 4 is 39.5 Å². The third-order valence-electron chi connectivity index (χ3n) is 18.0. The molecular weight excluding hydrogens is 1250 g/mol. The third-order valence-corrected chi connectivity index (χ3v) is 19.9. The lowest BCUT2D eigenvalue weighted by atomic mass is 9.99. The highest BCUT2D eigenvalue weighted by Crippen LogP contribution is 2.45. The van der Waals surface area contributed by atoms with Gasteiger partial charge in [-0.15, -0.1) is 0 Å². The number of hydrogen-bond acceptors (Lipinski definition) is 15. The topological polar surface area (TPSA) is 237 Å². The van der Waals surface area contributed by atoms with Crippen LogP contribution in [-0.4, -0.2) is 96.7 Å². The van der Waals surface area contributed by atoms with Gasteiger partial charge in [-0.05, 0) is 43.4 Å². The highest BCUT2D eigenvalue weighted by atomic mass is 31.2. The molecule has 3 N–H and O–H groups in total. The summed E-state index contributed by atoms with van der Waals surface area (Å²) in [5.74, 6) is 0.296. The second kappa shape index (κ2) is 66.6. The molecule has 564 valence electrons. The van der Waals surface area contributed by atoms with Gasteiger partial charge in [0.15, 0.2) is 12.2 Å². The van der Waals surface area contributed by atoms with Crippen LogP contribution in [0.1, 0.15) is 389 Å². The quantitative estimate of drug-likeness (QED) is 0.0222. The molecule has 0 heterocycles. The highest BCUT2D eigenvalue weighted by Gasteiger charge is 2.30. The molecule has 0 saturated heterocycles. The largest absolute Gasteiger partial charge is 0.472 e. The fourth-order valence-corrected chi connectivity index (χ4v) is 13.1. The Morgan fingerprint density at radius 3 is 0.800 bits per heavy atom. The van der Waals surface area contributed by atoms with E-state index in [2.05, 4.69) is 48.5 Å². The third kappa shape index (κ3) is 69.0. The summed E-state index contributed by atoms with van der Waals surface area (Å²) in [6.45, 7) is 11.9. The molecule has 0 fully saturated rings. The van der Waals surface area contributed by atoms with Gasteiger partial charge in [0.1, 0.15) is 19.3 Å². The van der Waals surface area contributed by atoms with Crippen molar-refractivity contribution < 1.29 is 80.2 Å². The monoisotopic (exact) mass is 1400 g/mol. The molecular formula is C76H148O17P2. The van der Waals surface area contributed by atoms with E-state index in [0.717, 1.165) is 114 Å². The van der Waals surface area contributed by atoms with Crippen LogP contribution in [0.4, 0.5) is 0 Å². The number of aliphatic hydroxyl groups is 1. The number of rotatable bonds is 74. The Balaban J connectivity index is 5.15. The summed E-state index contributed by atoms with van der Waals surface area (Å²) in [5, 5.41) is 10.6. The van der Waals surface area contributed by atoms with Gasteiger partial charge in [0, 0.05) is 25.7 Å². The molecule has 17 nitrogen and oxygen atoms in total. The average molecular weight is 1400 g/mol. The van der Waals surface area contributed by atoms with Gasteiger partial charge in [-0.1, -0.05) is 337 Å². The van der Waals surface area contributed by atoms with Gasteiger partial charge >= 0.3 is 39.5 Å². The molecule has 0 saturated carbocycles. The van der Waals surface area contributed by atoms with Gasteiger partial charge in [0.2, 0.25) is 0 Å². The SMILES string of the molecule is CCCCCCCC(=O)OC[C@H](COP(=O)(O)OC[C@H](O)COP(=O)(O)OC[C@@H](COC(=O)CCCCCCCCCCCCCCCC(C)C)OC(=O)CCCCCCCCCCCCCCCCC(C)CC)OC(=O)CCCCCCCCCCCCCCCC(C)C. The fourth-order valence-electron chi connectivity index (χ4n) is 11.6. The zero-order valence-electron chi connectivity index (χ0n) is 62.1. The first kappa shape index (κ1) is 93.1. The number of phosphoric acid groups is 2. The minimum absolute atomic E-state index is 0.106. The van der Waals surface area contributed by atoms with Crippen molar-refractivity contribution in [3.8, 4) is 0 Å². The maximum atomic E-state index is 13.1. The molecule has 0 aliphatic rings. The molecule has 0 aliphatic carbocycles. The molecule has 6 atom stereocenters. The predicted octanol–water partition coefficient (Wildman–Crippen LogP) is 22.2. The highest BCUT2D eigenvalue weighted by molar-refractivity contribution is 7.47. The van der Waals surface area contributed by atoms with E-state index in [1.807, 2.05) is 0 Å². The van der Waals surface area contributed by atoms with Crippen LogP contribution in [0.15, 0.2) is 0 Å². The second-order valence-electron chi connectivity index (χ2n) is 28.6. The van der Waals surface area contributed by atoms with Crippen molar-refractivity contribution in [2.24, 2.45) is 17.8 Å². The van der Waals surface area contributed by atoms with Crippen LogP contribution in [0.2, 0.25) is 0 Å². The first-order valence-corrected chi connectivity index (χ1v) is 42.4. The lowest BCUT2D eigenvalue weighted by molar-refractivity contribution is -0.161. The summed E-state index contributed by atoms with van der Waals surface area (Å²) in [7, 11) is -9.90. The Morgan fingerprint density at radius 1 is 0.305 bits per heavy atom. The summed E-state index contributed by atoms with van der Waals surface area (Å²) >= 11 is 0. The number of unbranched alkanes of at least 4 members (excludes halogenated alkanes) is 41. The first-order valence-electron chi connectivity index (χ1n) is 39.4. The molecule has 0 rings (SSSR count). The smallest absolute Gasteiger partial charge is 0.462 e. The van der Waals surface area contributed by atoms with Crippen LogP contribution < -0.4 is 0 Å². The molecule has 19 heteroatoms. The van der Waals surface area contributed by atoms with Crippen LogP contribution in [0.25, 0.3) is 0 Å². The summed E-state index contributed by atoms with van der Waals surface area (Å²) < 4.78 is 68.3. The average Bonchev–Trinajstić information content (AvgIpc) is 1.71. The van der Waals surface area contributed by atoms with E-state index < -0.39 is 97.5 Å². The molecule has 0 bridgehead atoms. The lowest BCUT2D eigenvalue weighted by Gasteiger charge is -2.21. The molecule has 95 heavy (non-hydrogen) atoms. The predicted molar refractivity (Wildman–Crippen MR) is 386 cm³/mol. The Hall–Kier alpha value is -1.94. The van der Waals surface area contributed by atoms with Crippen molar-refractivity contribution in [1.82, 2.24) is 0 Å². The van der Waals surface area contributed by atoms with E-state index >= 15 is 0 Å². The molecule has 0 radical (unpaired) electrons. The Bertz CT molecular complexity index is 1850. The molecule has 0 amide bonds. The van der Waals surface area contributed by atoms with Crippen molar-refractivity contribution in [3.63, 3.8) is 0 Å². The molecule has 0 spiro atoms. The fraction of sp³-hybridized carbons (Fsp3) is 0.947. The number of carbonyl (C=O) groups excluding carboxylic acids is 4. The normalized spacial score (nSPS) is 14.4. The van der Waals surface area contributed by atoms with Gasteiger partial charge in [-0.2, -0.15) is 0 Å². The van der Waals surface area contributed by atoms with Gasteiger partial charge < -0.3 is 33.8 Å². The van der Waals surface area contributed by atoms with Crippen LogP contribution in [-0.2, 0) is 65.4 Å². The van der Waals surface area contributed by atoms with Crippen molar-refractivity contribution in [1.29, 1.82) is 0 Å². The zero-order valence-corrected chi connectivity index (χ0v) is 63.9. The summed E-state index contributed by atoms with van der Waals surface area (Å²) in [4.78, 5) is 72.6. The van der Waals surface area contributed by atoms with E-state index in [0.29, 0.717) is 25.7 Å². The Morgan fingerprint density at radius 2 is 0.537 bits per heavy atom. The van der Waals surface area contributed by atoms with Crippen LogP contribution in [0.5, 0.6) is 0 Å². The van der Waals surface area contributed by atoms with Crippen molar-refractivity contribution in [2.75, 3.05) is 39.6 Å². The standard InChI is InChI=1S/C76H148O17P2/c1-8-10-11-40-50-57-73(78)86-63-71(92-75(80)59-53-46-39-33-27-21-15-17-23-29-35-42-48-55-68(5)6)65-90-94(82,83)88-61-70(77)62-89-95(84,85)91-66-72(64-87-74(79)58-51-44-37-31-25-20-14-16-22-28-34-41-47-54-67(3)4)93-76(81)60-52-45-38-32-26-19-13-12-18-24-30-36-43-49-56-69(7)9-2/h67-72,77H,8-66H2,1-7H3,(H,82,83)(H,84,85)/t69?,70-,71+,72+/m0/s1. The van der Waals surface area contributed by atoms with E-state index in [9.17, 15) is 43.2 Å². The van der Waals surface area contributed by atoms with E-state index in [1.54, 1.807) is 0 Å². The minimum atomic E-state index is -4.96. The minimum Gasteiger partial charge on any atom is -0.462 e. The van der Waals surface area contributed by atoms with Crippen LogP contribution in [0, 0.1) is 17.8 Å². The molecule has 0 aromatic rings. The maximum absolute atomic E-state index is 13.1. The summed E-state index contributed by atoms with van der Waals surface area (Å²) in [6, 6.07) is 0. The van der Waals surface area contributed by atoms with Gasteiger partial charge in [0.05, 0.1) is 26.4 Å². The number of aliphatic hydroxyl groups excluding tert-OH is 1. The second-order valence-corrected chi connectivity index (χ2v) is 31.5. The molecule has 3 unspecified atom stereocenters. The van der Waals surface area contributed by atoms with Crippen LogP contribution in [0.3, 0.4) is 0 Å². The number of phosphoric ester groups is 2. The van der Waals surface area contributed by atoms with Gasteiger partial charge in [0.25, 0.3) is 0 Å². The van der Waals surface area contributed by atoms with Crippen molar-refractivity contribution in [3.05, 3.63) is 0 Å². The van der Waals surface area contributed by atoms with Gasteiger partial charge in [-0.25, -0.2) is 9.13 Å². The zero-order chi connectivity index (χ0) is 70.1. The maximum Gasteiger partial charge on any atom is 0.472 e. The van der Waals surface area contributed by atoms with E-state index in [1.165, 1.54) is 193 Å². The lowest BCUT2D eigenvalue weighted by Crippen LogP contribution is -2.30. The van der Waals surface area contributed by atoms with E-state index in [-0.39, 0.29) is 25.7 Å². The molecule has 0 aromatic heterocycles. The van der Waals surface area contributed by atoms with Crippen LogP contribution >= 0.6 is 15.6 Å². The Kier molecular flexibility index (Phi) is 65.2. The Labute approximate surface area is 581 Å².